The number of carbonyl (C=O) groups is 1. The SMILES string of the molecule is COc1ccc(OC)c(Nc2nccc(C(=O)NCc3ccccc3Cl)n2)c1. The van der Waals surface area contributed by atoms with Gasteiger partial charge in [0.2, 0.25) is 5.95 Å². The third-order valence-corrected chi connectivity index (χ3v) is 4.31. The molecule has 0 aliphatic rings. The Hall–Kier alpha value is -3.32. The van der Waals surface area contributed by atoms with Crippen LogP contribution >= 0.6 is 11.6 Å². The minimum Gasteiger partial charge on any atom is -0.497 e. The van der Waals surface area contributed by atoms with E-state index in [9.17, 15) is 4.79 Å². The number of nitrogens with zero attached hydrogens (tertiary/aromatic N) is 2. The van der Waals surface area contributed by atoms with E-state index in [0.29, 0.717) is 28.8 Å². The van der Waals surface area contributed by atoms with Gasteiger partial charge >= 0.3 is 0 Å². The van der Waals surface area contributed by atoms with Gasteiger partial charge in [-0.15, -0.1) is 0 Å². The number of methoxy groups -OCH3 is 2. The third kappa shape index (κ3) is 4.69. The zero-order chi connectivity index (χ0) is 19.9. The van der Waals surface area contributed by atoms with Crippen LogP contribution in [-0.2, 0) is 6.54 Å². The van der Waals surface area contributed by atoms with Crippen molar-refractivity contribution in [2.75, 3.05) is 19.5 Å². The lowest BCUT2D eigenvalue weighted by molar-refractivity contribution is 0.0946. The van der Waals surface area contributed by atoms with Crippen molar-refractivity contribution in [2.45, 2.75) is 6.54 Å². The van der Waals surface area contributed by atoms with Crippen molar-refractivity contribution < 1.29 is 14.3 Å². The van der Waals surface area contributed by atoms with Gasteiger partial charge in [0.05, 0.1) is 19.9 Å². The van der Waals surface area contributed by atoms with Gasteiger partial charge in [-0.3, -0.25) is 4.79 Å². The van der Waals surface area contributed by atoms with Crippen molar-refractivity contribution in [3.8, 4) is 11.5 Å². The Morgan fingerprint density at radius 2 is 1.93 bits per heavy atom. The molecule has 1 amide bonds. The van der Waals surface area contributed by atoms with Gasteiger partial charge in [-0.2, -0.15) is 0 Å². The van der Waals surface area contributed by atoms with E-state index in [1.165, 1.54) is 12.3 Å². The van der Waals surface area contributed by atoms with Gasteiger partial charge in [-0.1, -0.05) is 29.8 Å². The molecule has 7 nitrogen and oxygen atoms in total. The van der Waals surface area contributed by atoms with Crippen molar-refractivity contribution in [2.24, 2.45) is 0 Å². The van der Waals surface area contributed by atoms with Crippen LogP contribution in [0.5, 0.6) is 11.5 Å². The number of nitrogens with one attached hydrogen (secondary N) is 2. The third-order valence-electron chi connectivity index (χ3n) is 3.94. The van der Waals surface area contributed by atoms with E-state index in [0.717, 1.165) is 5.56 Å². The molecule has 8 heteroatoms. The molecule has 0 fully saturated rings. The highest BCUT2D eigenvalue weighted by Gasteiger charge is 2.12. The number of halogens is 1. The molecule has 28 heavy (non-hydrogen) atoms. The highest BCUT2D eigenvalue weighted by molar-refractivity contribution is 6.31. The van der Waals surface area contributed by atoms with E-state index in [1.807, 2.05) is 18.2 Å². The molecule has 0 aliphatic carbocycles. The lowest BCUT2D eigenvalue weighted by Gasteiger charge is -2.12. The molecule has 1 aromatic heterocycles. The van der Waals surface area contributed by atoms with Crippen LogP contribution in [0.15, 0.2) is 54.7 Å². The van der Waals surface area contributed by atoms with E-state index >= 15 is 0 Å². The number of carbonyl (C=O) groups excluding carboxylic acids is 1. The van der Waals surface area contributed by atoms with Gasteiger partial charge in [0.25, 0.3) is 5.91 Å². The molecule has 3 aromatic rings. The number of anilines is 2. The van der Waals surface area contributed by atoms with E-state index < -0.39 is 0 Å². The Labute approximate surface area is 167 Å². The topological polar surface area (TPSA) is 85.4 Å². The van der Waals surface area contributed by atoms with Crippen molar-refractivity contribution in [3.63, 3.8) is 0 Å². The Morgan fingerprint density at radius 1 is 1.11 bits per heavy atom. The summed E-state index contributed by atoms with van der Waals surface area (Å²) in [5, 5.41) is 6.45. The van der Waals surface area contributed by atoms with Gasteiger partial charge in [0.1, 0.15) is 17.2 Å². The molecule has 0 saturated carbocycles. The lowest BCUT2D eigenvalue weighted by Crippen LogP contribution is -2.24. The number of hydrogen-bond acceptors (Lipinski definition) is 6. The van der Waals surface area contributed by atoms with E-state index in [1.54, 1.807) is 38.5 Å². The lowest BCUT2D eigenvalue weighted by atomic mass is 10.2. The fourth-order valence-electron chi connectivity index (χ4n) is 2.49. The molecule has 0 unspecified atom stereocenters. The first-order valence-electron chi connectivity index (χ1n) is 8.44. The van der Waals surface area contributed by atoms with Crippen molar-refractivity contribution in [1.29, 1.82) is 0 Å². The van der Waals surface area contributed by atoms with Crippen LogP contribution in [0.2, 0.25) is 5.02 Å². The zero-order valence-electron chi connectivity index (χ0n) is 15.4. The minimum absolute atomic E-state index is 0.228. The molecule has 2 aromatic carbocycles. The summed E-state index contributed by atoms with van der Waals surface area (Å²) < 4.78 is 10.6. The highest BCUT2D eigenvalue weighted by Crippen LogP contribution is 2.30. The van der Waals surface area contributed by atoms with Crippen LogP contribution in [0.4, 0.5) is 11.6 Å². The molecular weight excluding hydrogens is 380 g/mol. The molecule has 3 rings (SSSR count). The molecule has 0 atom stereocenters. The summed E-state index contributed by atoms with van der Waals surface area (Å²) in [4.78, 5) is 20.9. The van der Waals surface area contributed by atoms with Crippen LogP contribution in [0.1, 0.15) is 16.1 Å². The van der Waals surface area contributed by atoms with Gasteiger partial charge in [0.15, 0.2) is 0 Å². The maximum Gasteiger partial charge on any atom is 0.270 e. The summed E-state index contributed by atoms with van der Waals surface area (Å²) in [5.74, 6) is 1.18. The monoisotopic (exact) mass is 398 g/mol. The first-order valence-corrected chi connectivity index (χ1v) is 8.82. The first-order chi connectivity index (χ1) is 13.6. The standard InChI is InChI=1S/C20H19ClN4O3/c1-27-14-7-8-18(28-2)17(11-14)25-20-22-10-9-16(24-20)19(26)23-12-13-5-3-4-6-15(13)21/h3-11H,12H2,1-2H3,(H,23,26)(H,22,24,25). The second-order valence-electron chi connectivity index (χ2n) is 5.73. The summed E-state index contributed by atoms with van der Waals surface area (Å²) in [6.07, 6.45) is 1.51. The number of ether oxygens (including phenoxy) is 2. The molecular formula is C20H19ClN4O3. The Morgan fingerprint density at radius 3 is 2.68 bits per heavy atom. The van der Waals surface area contributed by atoms with E-state index in [2.05, 4.69) is 20.6 Å². The summed E-state index contributed by atoms with van der Waals surface area (Å²) in [6, 6.07) is 14.2. The molecule has 0 saturated heterocycles. The molecule has 0 aliphatic heterocycles. The van der Waals surface area contributed by atoms with E-state index in [-0.39, 0.29) is 17.5 Å². The van der Waals surface area contributed by atoms with Gasteiger partial charge in [-0.05, 0) is 29.8 Å². The molecule has 144 valence electrons. The second kappa shape index (κ2) is 9.05. The largest absolute Gasteiger partial charge is 0.497 e. The Bertz CT molecular complexity index is 981. The average Bonchev–Trinajstić information content (AvgIpc) is 2.73. The van der Waals surface area contributed by atoms with Crippen LogP contribution in [0.25, 0.3) is 0 Å². The number of amides is 1. The number of aromatic nitrogens is 2. The normalized spacial score (nSPS) is 10.2. The first kappa shape index (κ1) is 19.4. The molecule has 2 N–H and O–H groups in total. The fourth-order valence-corrected chi connectivity index (χ4v) is 2.69. The van der Waals surface area contributed by atoms with Crippen LogP contribution in [0.3, 0.4) is 0 Å². The van der Waals surface area contributed by atoms with Gasteiger partial charge in [0, 0.05) is 23.8 Å². The summed E-state index contributed by atoms with van der Waals surface area (Å²) in [5.41, 5.74) is 1.67. The summed E-state index contributed by atoms with van der Waals surface area (Å²) >= 11 is 6.11. The quantitative estimate of drug-likeness (QED) is 0.629. The van der Waals surface area contributed by atoms with E-state index in [4.69, 9.17) is 21.1 Å². The van der Waals surface area contributed by atoms with Crippen LogP contribution in [-0.4, -0.2) is 30.1 Å². The predicted octanol–water partition coefficient (Wildman–Crippen LogP) is 3.82. The minimum atomic E-state index is -0.331. The summed E-state index contributed by atoms with van der Waals surface area (Å²) in [6.45, 7) is 0.301. The van der Waals surface area contributed by atoms with Gasteiger partial charge < -0.3 is 20.1 Å². The maximum atomic E-state index is 12.4. The van der Waals surface area contributed by atoms with Crippen molar-refractivity contribution >= 4 is 29.1 Å². The molecule has 0 spiro atoms. The Kier molecular flexibility index (Phi) is 6.29. The second-order valence-corrected chi connectivity index (χ2v) is 6.14. The van der Waals surface area contributed by atoms with Gasteiger partial charge in [-0.25, -0.2) is 9.97 Å². The van der Waals surface area contributed by atoms with Crippen molar-refractivity contribution in [3.05, 3.63) is 71.0 Å². The van der Waals surface area contributed by atoms with Crippen LogP contribution < -0.4 is 20.1 Å². The maximum absolute atomic E-state index is 12.4. The predicted molar refractivity (Wildman–Crippen MR) is 107 cm³/mol. The van der Waals surface area contributed by atoms with Crippen molar-refractivity contribution in [1.82, 2.24) is 15.3 Å². The number of benzene rings is 2. The summed E-state index contributed by atoms with van der Waals surface area (Å²) in [7, 11) is 3.14. The molecule has 1 heterocycles. The molecule has 0 bridgehead atoms. The number of rotatable bonds is 7. The Balaban J connectivity index is 1.73. The smallest absolute Gasteiger partial charge is 0.270 e. The number of hydrogen-bond donors (Lipinski definition) is 2. The van der Waals surface area contributed by atoms with Crippen LogP contribution in [0, 0.1) is 0 Å². The fraction of sp³-hybridized carbons (Fsp3) is 0.150. The zero-order valence-corrected chi connectivity index (χ0v) is 16.2. The molecule has 0 radical (unpaired) electrons. The average molecular weight is 399 g/mol. The highest BCUT2D eigenvalue weighted by atomic mass is 35.5.